The summed E-state index contributed by atoms with van der Waals surface area (Å²) in [6.45, 7) is 1.52. The standard InChI is InChI=1S/C12H15Cl2FN2O2S/c1-17(9-2-4-16-5-3-9)20(18,19)12-10(13)6-8(15)7-11(12)14/h6-7,9,16H,2-5H2,1H3. The summed E-state index contributed by atoms with van der Waals surface area (Å²) in [4.78, 5) is -0.233. The summed E-state index contributed by atoms with van der Waals surface area (Å²) in [5.74, 6) is -0.663. The summed E-state index contributed by atoms with van der Waals surface area (Å²) in [6.07, 6.45) is 1.43. The molecule has 1 N–H and O–H groups in total. The second-order valence-electron chi connectivity index (χ2n) is 4.70. The molecule has 0 spiro atoms. The second-order valence-corrected chi connectivity index (χ2v) is 7.45. The number of nitrogens with one attached hydrogen (secondary N) is 1. The number of piperidine rings is 1. The van der Waals surface area contributed by atoms with Gasteiger partial charge < -0.3 is 5.32 Å². The fraction of sp³-hybridized carbons (Fsp3) is 0.500. The maximum absolute atomic E-state index is 13.2. The molecule has 112 valence electrons. The van der Waals surface area contributed by atoms with E-state index < -0.39 is 15.8 Å². The molecule has 1 saturated heterocycles. The number of hydrogen-bond acceptors (Lipinski definition) is 3. The highest BCUT2D eigenvalue weighted by atomic mass is 35.5. The highest BCUT2D eigenvalue weighted by Gasteiger charge is 2.32. The molecule has 8 heteroatoms. The van der Waals surface area contributed by atoms with Crippen LogP contribution in [0.1, 0.15) is 12.8 Å². The van der Waals surface area contributed by atoms with Crippen LogP contribution in [0.25, 0.3) is 0 Å². The summed E-state index contributed by atoms with van der Waals surface area (Å²) in [6, 6.07) is 1.80. The van der Waals surface area contributed by atoms with Gasteiger partial charge in [-0.15, -0.1) is 0 Å². The Morgan fingerprint density at radius 3 is 2.25 bits per heavy atom. The average molecular weight is 341 g/mol. The number of halogens is 3. The van der Waals surface area contributed by atoms with E-state index in [2.05, 4.69) is 5.32 Å². The van der Waals surface area contributed by atoms with E-state index in [0.717, 1.165) is 25.2 Å². The van der Waals surface area contributed by atoms with Gasteiger partial charge in [0.25, 0.3) is 0 Å². The van der Waals surface area contributed by atoms with Crippen LogP contribution >= 0.6 is 23.2 Å². The van der Waals surface area contributed by atoms with Crippen LogP contribution in [-0.4, -0.2) is 38.9 Å². The molecule has 2 rings (SSSR count). The largest absolute Gasteiger partial charge is 0.317 e. The van der Waals surface area contributed by atoms with E-state index in [1.54, 1.807) is 0 Å². The van der Waals surface area contributed by atoms with Gasteiger partial charge in [0.1, 0.15) is 10.7 Å². The van der Waals surface area contributed by atoms with Gasteiger partial charge in [0.15, 0.2) is 0 Å². The monoisotopic (exact) mass is 340 g/mol. The molecule has 0 unspecified atom stereocenters. The SMILES string of the molecule is CN(C1CCNCC1)S(=O)(=O)c1c(Cl)cc(F)cc1Cl. The molecule has 0 aliphatic carbocycles. The Balaban J connectivity index is 2.39. The third-order valence-electron chi connectivity index (χ3n) is 3.42. The van der Waals surface area contributed by atoms with Crippen LogP contribution in [0.2, 0.25) is 10.0 Å². The smallest absolute Gasteiger partial charge is 0.246 e. The minimum absolute atomic E-state index is 0.113. The van der Waals surface area contributed by atoms with Crippen molar-refractivity contribution in [2.75, 3.05) is 20.1 Å². The van der Waals surface area contributed by atoms with Gasteiger partial charge in [0.05, 0.1) is 10.0 Å². The minimum atomic E-state index is -3.84. The van der Waals surface area contributed by atoms with Gasteiger partial charge in [0.2, 0.25) is 10.0 Å². The molecule has 0 radical (unpaired) electrons. The molecule has 1 aliphatic heterocycles. The number of rotatable bonds is 3. The Hall–Kier alpha value is -0.400. The van der Waals surface area contributed by atoms with E-state index >= 15 is 0 Å². The molecular formula is C12H15Cl2FN2O2S. The first-order chi connectivity index (χ1) is 9.34. The van der Waals surface area contributed by atoms with Crippen LogP contribution in [-0.2, 0) is 10.0 Å². The lowest BCUT2D eigenvalue weighted by Gasteiger charge is -2.31. The first-order valence-electron chi connectivity index (χ1n) is 6.17. The summed E-state index contributed by atoms with van der Waals surface area (Å²) in [5.41, 5.74) is 0. The maximum atomic E-state index is 13.2. The highest BCUT2D eigenvalue weighted by Crippen LogP contribution is 2.33. The zero-order chi connectivity index (χ0) is 14.9. The van der Waals surface area contributed by atoms with Crippen molar-refractivity contribution in [3.63, 3.8) is 0 Å². The van der Waals surface area contributed by atoms with Crippen LogP contribution in [0, 0.1) is 5.82 Å². The van der Waals surface area contributed by atoms with Crippen molar-refractivity contribution < 1.29 is 12.8 Å². The summed E-state index contributed by atoms with van der Waals surface area (Å²) >= 11 is 11.7. The fourth-order valence-corrected chi connectivity index (χ4v) is 4.83. The molecule has 1 aliphatic rings. The summed E-state index contributed by atoms with van der Waals surface area (Å²) < 4.78 is 39.6. The second kappa shape index (κ2) is 6.15. The highest BCUT2D eigenvalue weighted by molar-refractivity contribution is 7.89. The van der Waals surface area contributed by atoms with Gasteiger partial charge >= 0.3 is 0 Å². The number of benzene rings is 1. The van der Waals surface area contributed by atoms with Crippen molar-refractivity contribution in [2.24, 2.45) is 0 Å². The van der Waals surface area contributed by atoms with Crippen LogP contribution in [0.5, 0.6) is 0 Å². The Kier molecular flexibility index (Phi) is 4.92. The molecule has 1 fully saturated rings. The van der Waals surface area contributed by atoms with Crippen molar-refractivity contribution >= 4 is 33.2 Å². The first-order valence-corrected chi connectivity index (χ1v) is 8.37. The predicted octanol–water partition coefficient (Wildman–Crippen LogP) is 2.51. The van der Waals surface area contributed by atoms with Crippen molar-refractivity contribution in [3.8, 4) is 0 Å². The van der Waals surface area contributed by atoms with E-state index in [-0.39, 0.29) is 21.0 Å². The predicted molar refractivity (Wildman–Crippen MR) is 77.3 cm³/mol. The Labute approximate surface area is 127 Å². The van der Waals surface area contributed by atoms with E-state index in [1.165, 1.54) is 11.4 Å². The lowest BCUT2D eigenvalue weighted by Crippen LogP contribution is -2.44. The minimum Gasteiger partial charge on any atom is -0.317 e. The van der Waals surface area contributed by atoms with Crippen molar-refractivity contribution in [2.45, 2.75) is 23.8 Å². The first kappa shape index (κ1) is 16.0. The molecule has 0 bridgehead atoms. The van der Waals surface area contributed by atoms with Gasteiger partial charge in [-0.2, -0.15) is 4.31 Å². The topological polar surface area (TPSA) is 49.4 Å². The fourth-order valence-electron chi connectivity index (χ4n) is 2.29. The van der Waals surface area contributed by atoms with E-state index in [0.29, 0.717) is 12.8 Å². The average Bonchev–Trinajstić information content (AvgIpc) is 2.37. The maximum Gasteiger partial charge on any atom is 0.246 e. The van der Waals surface area contributed by atoms with Crippen molar-refractivity contribution in [1.29, 1.82) is 0 Å². The summed E-state index contributed by atoms with van der Waals surface area (Å²) in [5, 5.41) is 2.77. The molecule has 1 aromatic rings. The number of sulfonamides is 1. The van der Waals surface area contributed by atoms with Gasteiger partial charge in [-0.3, -0.25) is 0 Å². The van der Waals surface area contributed by atoms with Crippen LogP contribution in [0.4, 0.5) is 4.39 Å². The van der Waals surface area contributed by atoms with Gasteiger partial charge in [-0.1, -0.05) is 23.2 Å². The Bertz CT molecular complexity index is 580. The van der Waals surface area contributed by atoms with E-state index in [4.69, 9.17) is 23.2 Å². The van der Waals surface area contributed by atoms with Crippen molar-refractivity contribution in [3.05, 3.63) is 28.0 Å². The molecule has 1 aromatic carbocycles. The number of nitrogens with zero attached hydrogens (tertiary/aromatic N) is 1. The van der Waals surface area contributed by atoms with Crippen molar-refractivity contribution in [1.82, 2.24) is 9.62 Å². The van der Waals surface area contributed by atoms with Crippen LogP contribution in [0.15, 0.2) is 17.0 Å². The zero-order valence-electron chi connectivity index (χ0n) is 10.9. The quantitative estimate of drug-likeness (QED) is 0.919. The lowest BCUT2D eigenvalue weighted by molar-refractivity contribution is 0.296. The van der Waals surface area contributed by atoms with E-state index in [1.807, 2.05) is 0 Å². The van der Waals surface area contributed by atoms with Crippen LogP contribution < -0.4 is 5.32 Å². The molecule has 4 nitrogen and oxygen atoms in total. The normalized spacial score (nSPS) is 17.6. The van der Waals surface area contributed by atoms with Gasteiger partial charge in [-0.25, -0.2) is 12.8 Å². The Morgan fingerprint density at radius 2 is 1.75 bits per heavy atom. The number of hydrogen-bond donors (Lipinski definition) is 1. The van der Waals surface area contributed by atoms with Crippen LogP contribution in [0.3, 0.4) is 0 Å². The molecule has 20 heavy (non-hydrogen) atoms. The lowest BCUT2D eigenvalue weighted by atomic mass is 10.1. The van der Waals surface area contributed by atoms with E-state index in [9.17, 15) is 12.8 Å². The Morgan fingerprint density at radius 1 is 1.25 bits per heavy atom. The van der Waals surface area contributed by atoms with Gasteiger partial charge in [0, 0.05) is 13.1 Å². The summed E-state index contributed by atoms with van der Waals surface area (Å²) in [7, 11) is -2.34. The van der Waals surface area contributed by atoms with Gasteiger partial charge in [-0.05, 0) is 38.1 Å². The molecule has 0 saturated carbocycles. The third-order valence-corrected chi connectivity index (χ3v) is 6.26. The third kappa shape index (κ3) is 3.09. The molecule has 0 aromatic heterocycles. The molecule has 0 amide bonds. The molecular weight excluding hydrogens is 326 g/mol. The molecule has 1 heterocycles. The molecule has 0 atom stereocenters. The zero-order valence-corrected chi connectivity index (χ0v) is 13.2.